The Morgan fingerprint density at radius 2 is 2.42 bits per heavy atom. The van der Waals surface area contributed by atoms with E-state index in [1.165, 1.54) is 10.4 Å². The first-order valence-corrected chi connectivity index (χ1v) is 4.85. The zero-order valence-electron chi connectivity index (χ0n) is 7.39. The van der Waals surface area contributed by atoms with Gasteiger partial charge in [0.25, 0.3) is 0 Å². The first kappa shape index (κ1) is 9.26. The molecule has 0 aliphatic carbocycles. The molecule has 1 amide bonds. The van der Waals surface area contributed by atoms with E-state index in [0.29, 0.717) is 0 Å². The van der Waals surface area contributed by atoms with Crippen molar-refractivity contribution in [2.75, 3.05) is 6.54 Å². The third-order valence-corrected chi connectivity index (χ3v) is 2.62. The molecule has 0 bridgehead atoms. The lowest BCUT2D eigenvalue weighted by molar-refractivity contribution is -0.118. The summed E-state index contributed by atoms with van der Waals surface area (Å²) in [6, 6.07) is 2.11. The molecule has 66 valence electrons. The quantitative estimate of drug-likeness (QED) is 0.759. The topological polar surface area (TPSA) is 29.1 Å². The van der Waals surface area contributed by atoms with Gasteiger partial charge >= 0.3 is 0 Å². The monoisotopic (exact) mass is 183 g/mol. The van der Waals surface area contributed by atoms with Crippen LogP contribution in [0.25, 0.3) is 0 Å². The highest BCUT2D eigenvalue weighted by Crippen LogP contribution is 2.14. The molecular weight excluding hydrogens is 170 g/mol. The minimum Gasteiger partial charge on any atom is -0.356 e. The van der Waals surface area contributed by atoms with Gasteiger partial charge in [-0.15, -0.1) is 11.3 Å². The van der Waals surface area contributed by atoms with Crippen molar-refractivity contribution < 1.29 is 4.79 Å². The van der Waals surface area contributed by atoms with Crippen LogP contribution in [0.5, 0.6) is 0 Å². The number of amides is 1. The third-order valence-electron chi connectivity index (χ3n) is 1.73. The number of aryl methyl sites for hydroxylation is 1. The van der Waals surface area contributed by atoms with Crippen LogP contribution in [0.4, 0.5) is 0 Å². The Balaban J connectivity index is 2.33. The number of hydrogen-bond acceptors (Lipinski definition) is 2. The molecule has 3 heteroatoms. The fourth-order valence-electron chi connectivity index (χ4n) is 1.04. The van der Waals surface area contributed by atoms with Crippen LogP contribution < -0.4 is 5.32 Å². The molecule has 12 heavy (non-hydrogen) atoms. The average Bonchev–Trinajstić information content (AvgIpc) is 2.36. The highest BCUT2D eigenvalue weighted by molar-refractivity contribution is 7.10. The number of rotatable bonds is 3. The SMILES string of the molecule is CC(=O)NCCc1ccsc1C. The summed E-state index contributed by atoms with van der Waals surface area (Å²) in [4.78, 5) is 11.9. The van der Waals surface area contributed by atoms with Crippen molar-refractivity contribution in [3.8, 4) is 0 Å². The number of nitrogens with one attached hydrogen (secondary N) is 1. The van der Waals surface area contributed by atoms with Gasteiger partial charge in [-0.25, -0.2) is 0 Å². The van der Waals surface area contributed by atoms with Gasteiger partial charge in [0.15, 0.2) is 0 Å². The summed E-state index contributed by atoms with van der Waals surface area (Å²) in [6.07, 6.45) is 0.939. The van der Waals surface area contributed by atoms with Crippen LogP contribution in [0.2, 0.25) is 0 Å². The fourth-order valence-corrected chi connectivity index (χ4v) is 1.80. The van der Waals surface area contributed by atoms with E-state index in [0.717, 1.165) is 13.0 Å². The Hall–Kier alpha value is -0.830. The van der Waals surface area contributed by atoms with Crippen molar-refractivity contribution in [1.82, 2.24) is 5.32 Å². The maximum Gasteiger partial charge on any atom is 0.216 e. The van der Waals surface area contributed by atoms with E-state index in [1.807, 2.05) is 0 Å². The molecule has 1 heterocycles. The van der Waals surface area contributed by atoms with Crippen LogP contribution >= 0.6 is 11.3 Å². The zero-order valence-corrected chi connectivity index (χ0v) is 8.20. The zero-order chi connectivity index (χ0) is 8.97. The van der Waals surface area contributed by atoms with Crippen molar-refractivity contribution in [3.63, 3.8) is 0 Å². The molecule has 2 nitrogen and oxygen atoms in total. The summed E-state index contributed by atoms with van der Waals surface area (Å²) in [5.74, 6) is 0.0443. The number of hydrogen-bond donors (Lipinski definition) is 1. The highest BCUT2D eigenvalue weighted by atomic mass is 32.1. The Kier molecular flexibility index (Phi) is 3.29. The van der Waals surface area contributed by atoms with E-state index in [4.69, 9.17) is 0 Å². The molecule has 0 atom stereocenters. The van der Waals surface area contributed by atoms with E-state index in [1.54, 1.807) is 18.3 Å². The van der Waals surface area contributed by atoms with Gasteiger partial charge in [-0.3, -0.25) is 4.79 Å². The van der Waals surface area contributed by atoms with Crippen molar-refractivity contribution in [1.29, 1.82) is 0 Å². The van der Waals surface area contributed by atoms with Crippen LogP contribution in [0.15, 0.2) is 11.4 Å². The van der Waals surface area contributed by atoms with Crippen molar-refractivity contribution in [2.45, 2.75) is 20.3 Å². The van der Waals surface area contributed by atoms with Crippen molar-refractivity contribution in [2.24, 2.45) is 0 Å². The second kappa shape index (κ2) is 4.26. The lowest BCUT2D eigenvalue weighted by Gasteiger charge is -2.00. The van der Waals surface area contributed by atoms with E-state index >= 15 is 0 Å². The highest BCUT2D eigenvalue weighted by Gasteiger charge is 1.98. The average molecular weight is 183 g/mol. The molecule has 0 aliphatic heterocycles. The number of thiophene rings is 1. The molecular formula is C9H13NOS. The molecule has 0 aliphatic rings. The molecule has 1 aromatic heterocycles. The van der Waals surface area contributed by atoms with E-state index < -0.39 is 0 Å². The number of carbonyl (C=O) groups excluding carboxylic acids is 1. The van der Waals surface area contributed by atoms with E-state index in [-0.39, 0.29) is 5.91 Å². The molecule has 0 spiro atoms. The Morgan fingerprint density at radius 1 is 1.67 bits per heavy atom. The minimum absolute atomic E-state index is 0.0443. The summed E-state index contributed by atoms with van der Waals surface area (Å²) in [7, 11) is 0. The van der Waals surface area contributed by atoms with Gasteiger partial charge in [-0.2, -0.15) is 0 Å². The summed E-state index contributed by atoms with van der Waals surface area (Å²) < 4.78 is 0. The first-order chi connectivity index (χ1) is 5.70. The molecule has 0 radical (unpaired) electrons. The van der Waals surface area contributed by atoms with Gasteiger partial charge < -0.3 is 5.32 Å². The predicted octanol–water partition coefficient (Wildman–Crippen LogP) is 1.74. The standard InChI is InChI=1S/C9H13NOS/c1-7-9(4-6-12-7)3-5-10-8(2)11/h4,6H,3,5H2,1-2H3,(H,10,11). The minimum atomic E-state index is 0.0443. The predicted molar refractivity (Wildman–Crippen MR) is 51.4 cm³/mol. The van der Waals surface area contributed by atoms with Gasteiger partial charge in [0.05, 0.1) is 0 Å². The second-order valence-electron chi connectivity index (χ2n) is 2.73. The third kappa shape index (κ3) is 2.66. The lowest BCUT2D eigenvalue weighted by Crippen LogP contribution is -2.22. The van der Waals surface area contributed by atoms with Crippen LogP contribution in [-0.4, -0.2) is 12.5 Å². The van der Waals surface area contributed by atoms with Gasteiger partial charge in [0.2, 0.25) is 5.91 Å². The summed E-state index contributed by atoms with van der Waals surface area (Å²) >= 11 is 1.75. The summed E-state index contributed by atoms with van der Waals surface area (Å²) in [5, 5.41) is 4.86. The van der Waals surface area contributed by atoms with Crippen LogP contribution in [0, 0.1) is 6.92 Å². The maximum atomic E-state index is 10.5. The van der Waals surface area contributed by atoms with Gasteiger partial charge in [0, 0.05) is 18.3 Å². The maximum absolute atomic E-state index is 10.5. The van der Waals surface area contributed by atoms with Crippen LogP contribution in [0.3, 0.4) is 0 Å². The van der Waals surface area contributed by atoms with Crippen LogP contribution in [-0.2, 0) is 11.2 Å². The molecule has 1 rings (SSSR count). The second-order valence-corrected chi connectivity index (χ2v) is 3.86. The molecule has 0 aromatic carbocycles. The largest absolute Gasteiger partial charge is 0.356 e. The van der Waals surface area contributed by atoms with Crippen molar-refractivity contribution >= 4 is 17.2 Å². The summed E-state index contributed by atoms with van der Waals surface area (Å²) in [5.41, 5.74) is 1.34. The lowest BCUT2D eigenvalue weighted by atomic mass is 10.2. The molecule has 1 aromatic rings. The smallest absolute Gasteiger partial charge is 0.216 e. The fraction of sp³-hybridized carbons (Fsp3) is 0.444. The molecule has 0 unspecified atom stereocenters. The molecule has 1 N–H and O–H groups in total. The first-order valence-electron chi connectivity index (χ1n) is 3.97. The molecule has 0 saturated heterocycles. The van der Waals surface area contributed by atoms with Gasteiger partial charge in [-0.05, 0) is 30.4 Å². The van der Waals surface area contributed by atoms with Gasteiger partial charge in [0.1, 0.15) is 0 Å². The summed E-state index contributed by atoms with van der Waals surface area (Å²) in [6.45, 7) is 4.39. The Morgan fingerprint density at radius 3 is 2.92 bits per heavy atom. The van der Waals surface area contributed by atoms with Crippen molar-refractivity contribution in [3.05, 3.63) is 21.9 Å². The molecule has 0 saturated carbocycles. The Labute approximate surface area is 76.6 Å². The van der Waals surface area contributed by atoms with Crippen LogP contribution in [0.1, 0.15) is 17.4 Å². The number of carbonyl (C=O) groups is 1. The normalized spacial score (nSPS) is 9.83. The molecule has 0 fully saturated rings. The Bertz CT molecular complexity index is 267. The van der Waals surface area contributed by atoms with E-state index in [9.17, 15) is 4.79 Å². The van der Waals surface area contributed by atoms with E-state index in [2.05, 4.69) is 23.7 Å². The van der Waals surface area contributed by atoms with Gasteiger partial charge in [-0.1, -0.05) is 0 Å².